The maximum atomic E-state index is 13.2. The molecule has 1 aliphatic rings. The fourth-order valence-electron chi connectivity index (χ4n) is 5.35. The summed E-state index contributed by atoms with van der Waals surface area (Å²) in [6.45, 7) is 2.04. The molecule has 1 unspecified atom stereocenters. The van der Waals surface area contributed by atoms with Gasteiger partial charge in [0.05, 0.1) is 41.0 Å². The van der Waals surface area contributed by atoms with Gasteiger partial charge in [0.15, 0.2) is 0 Å². The van der Waals surface area contributed by atoms with Crippen LogP contribution in [-0.2, 0) is 36.1 Å². The lowest BCUT2D eigenvalue weighted by atomic mass is 10.1. The second-order valence-electron chi connectivity index (χ2n) is 11.5. The number of aliphatic imine (C=N–C) groups is 1. The molecule has 0 aliphatic carbocycles. The molecule has 0 fully saturated rings. The normalized spacial score (nSPS) is 14.2. The number of esters is 1. The lowest BCUT2D eigenvalue weighted by Crippen LogP contribution is -2.48. The summed E-state index contributed by atoms with van der Waals surface area (Å²) in [5, 5.41) is 11.2. The summed E-state index contributed by atoms with van der Waals surface area (Å²) in [5.74, 6) is -0.376. The number of sulfonamides is 2. The molecule has 1 aromatic heterocycles. The Morgan fingerprint density at radius 2 is 1.60 bits per heavy atom. The highest BCUT2D eigenvalue weighted by molar-refractivity contribution is 7.89. The zero-order chi connectivity index (χ0) is 35.7. The van der Waals surface area contributed by atoms with E-state index in [1.807, 2.05) is 4.68 Å². The number of amides is 1. The molecule has 1 atom stereocenters. The van der Waals surface area contributed by atoms with Crippen LogP contribution in [0, 0.1) is 0 Å². The minimum absolute atomic E-state index is 0.0696. The second kappa shape index (κ2) is 16.4. The number of aromatic nitrogens is 2. The summed E-state index contributed by atoms with van der Waals surface area (Å²) in [5.41, 5.74) is 7.82. The fraction of sp³-hybridized carbons (Fsp3) is 0.333. The molecule has 1 amide bonds. The average Bonchev–Trinajstić information content (AvgIpc) is 3.54. The van der Waals surface area contributed by atoms with Crippen molar-refractivity contribution in [1.29, 1.82) is 0 Å². The van der Waals surface area contributed by atoms with Crippen LogP contribution in [0.3, 0.4) is 0 Å². The number of fused-ring (bicyclic) bond motifs is 1. The summed E-state index contributed by atoms with van der Waals surface area (Å²) in [7, 11) is -6.80. The quantitative estimate of drug-likeness (QED) is 0.111. The van der Waals surface area contributed by atoms with Crippen molar-refractivity contribution in [2.24, 2.45) is 10.7 Å². The number of methoxy groups -OCH3 is 1. The third-order valence-electron chi connectivity index (χ3n) is 8.03. The number of carbonyl (C=O) groups excluding carboxylic acids is 2. The van der Waals surface area contributed by atoms with Gasteiger partial charge in [0.25, 0.3) is 5.91 Å². The molecule has 266 valence electrons. The van der Waals surface area contributed by atoms with Crippen LogP contribution in [0.1, 0.15) is 29.6 Å². The van der Waals surface area contributed by atoms with Gasteiger partial charge in [-0.3, -0.25) is 19.3 Å². The van der Waals surface area contributed by atoms with Crippen LogP contribution >= 0.6 is 0 Å². The highest BCUT2D eigenvalue weighted by atomic mass is 32.2. The van der Waals surface area contributed by atoms with E-state index in [-0.39, 0.29) is 29.4 Å². The Morgan fingerprint density at radius 3 is 2.22 bits per heavy atom. The molecule has 6 N–H and O–H groups in total. The van der Waals surface area contributed by atoms with Crippen LogP contribution in [0.4, 0.5) is 0 Å². The molecule has 2 heterocycles. The van der Waals surface area contributed by atoms with Gasteiger partial charge in [-0.25, -0.2) is 21.6 Å². The van der Waals surface area contributed by atoms with Crippen molar-refractivity contribution < 1.29 is 31.2 Å². The predicted octanol–water partition coefficient (Wildman–Crippen LogP) is 1.36. The number of benzene rings is 3. The van der Waals surface area contributed by atoms with E-state index < -0.39 is 38.0 Å². The lowest BCUT2D eigenvalue weighted by Gasteiger charge is -2.17. The first-order valence-corrected chi connectivity index (χ1v) is 19.0. The average molecular weight is 725 g/mol. The zero-order valence-electron chi connectivity index (χ0n) is 27.5. The van der Waals surface area contributed by atoms with Gasteiger partial charge in [-0.1, -0.05) is 24.3 Å². The highest BCUT2D eigenvalue weighted by Gasteiger charge is 2.27. The molecular weight excluding hydrogens is 685 g/mol. The van der Waals surface area contributed by atoms with E-state index in [0.717, 1.165) is 49.7 Å². The number of hydrogen-bond donors (Lipinski definition) is 5. The Hall–Kier alpha value is -4.68. The SMILES string of the molecule is COC(=O)C(CNC(=O)c1ccc2c(cnn2CCNC2=NCCCC2)c1)NS(=O)(=O)c1ccc(-c2ccc(S(=O)(=O)NCCN)cc2)cc1. The molecule has 3 aromatic carbocycles. The van der Waals surface area contributed by atoms with Crippen molar-refractivity contribution in [3.63, 3.8) is 0 Å². The van der Waals surface area contributed by atoms with Crippen LogP contribution in [0.15, 0.2) is 87.7 Å². The molecule has 17 heteroatoms. The molecule has 0 spiro atoms. The Kier molecular flexibility index (Phi) is 12.0. The third-order valence-corrected chi connectivity index (χ3v) is 11.0. The first kappa shape index (κ1) is 36.6. The molecule has 1 aliphatic heterocycles. The number of hydrogen-bond acceptors (Lipinski definition) is 11. The van der Waals surface area contributed by atoms with Crippen molar-refractivity contribution in [2.75, 3.05) is 39.8 Å². The lowest BCUT2D eigenvalue weighted by molar-refractivity contribution is -0.142. The van der Waals surface area contributed by atoms with Gasteiger partial charge in [-0.2, -0.15) is 9.82 Å². The summed E-state index contributed by atoms with van der Waals surface area (Å²) in [6.07, 6.45) is 4.87. The summed E-state index contributed by atoms with van der Waals surface area (Å²) in [6, 6.07) is 15.6. The first-order valence-electron chi connectivity index (χ1n) is 16.0. The van der Waals surface area contributed by atoms with E-state index >= 15 is 0 Å². The minimum atomic E-state index is -4.23. The zero-order valence-corrected chi connectivity index (χ0v) is 29.1. The van der Waals surface area contributed by atoms with Crippen molar-refractivity contribution in [3.05, 3.63) is 78.5 Å². The summed E-state index contributed by atoms with van der Waals surface area (Å²) >= 11 is 0. The number of amidine groups is 1. The monoisotopic (exact) mass is 724 g/mol. The number of rotatable bonds is 15. The minimum Gasteiger partial charge on any atom is -0.468 e. The topological polar surface area (TPSA) is 216 Å². The van der Waals surface area contributed by atoms with Crippen LogP contribution in [0.25, 0.3) is 22.0 Å². The van der Waals surface area contributed by atoms with Crippen molar-refractivity contribution in [2.45, 2.75) is 41.6 Å². The molecule has 0 radical (unpaired) electrons. The maximum absolute atomic E-state index is 13.2. The number of nitrogens with two attached hydrogens (primary N) is 1. The molecule has 15 nitrogen and oxygen atoms in total. The Bertz CT molecular complexity index is 2060. The number of nitrogens with zero attached hydrogens (tertiary/aromatic N) is 3. The van der Waals surface area contributed by atoms with Crippen molar-refractivity contribution >= 4 is 48.7 Å². The summed E-state index contributed by atoms with van der Waals surface area (Å²) < 4.78 is 62.5. The molecule has 0 bridgehead atoms. The van der Waals surface area contributed by atoms with Crippen LogP contribution < -0.4 is 25.8 Å². The van der Waals surface area contributed by atoms with E-state index in [1.165, 1.54) is 24.3 Å². The number of nitrogens with one attached hydrogen (secondary N) is 4. The predicted molar refractivity (Wildman–Crippen MR) is 188 cm³/mol. The Labute approximate surface area is 290 Å². The van der Waals surface area contributed by atoms with Crippen molar-refractivity contribution in [3.8, 4) is 11.1 Å². The van der Waals surface area contributed by atoms with Crippen LogP contribution in [0.2, 0.25) is 0 Å². The molecule has 5 rings (SSSR count). The largest absolute Gasteiger partial charge is 0.468 e. The number of ether oxygens (including phenoxy) is 1. The third kappa shape index (κ3) is 9.10. The highest BCUT2D eigenvalue weighted by Crippen LogP contribution is 2.23. The number of carbonyl (C=O) groups is 2. The van der Waals surface area contributed by atoms with Gasteiger partial charge < -0.3 is 21.1 Å². The van der Waals surface area contributed by atoms with Crippen LogP contribution in [0.5, 0.6) is 0 Å². The maximum Gasteiger partial charge on any atom is 0.325 e. The molecule has 0 saturated heterocycles. The van der Waals surface area contributed by atoms with E-state index in [2.05, 4.69) is 30.2 Å². The van der Waals surface area contributed by atoms with Gasteiger partial charge >= 0.3 is 5.97 Å². The molecule has 50 heavy (non-hydrogen) atoms. The standard InChI is InChI=1S/C33H40N8O7S2/c1-48-33(43)29(22-37-32(42)25-9-14-30-26(20-25)21-38-41(30)19-18-36-31-4-2-3-16-35-31)40-50(46,47)28-12-7-24(8-13-28)23-5-10-27(11-6-23)49(44,45)39-17-15-34/h5-14,20-21,29,39-40H,2-4,15-19,22,34H2,1H3,(H,35,36)(H,37,42). The fourth-order valence-corrected chi connectivity index (χ4v) is 7.58. The van der Waals surface area contributed by atoms with E-state index in [4.69, 9.17) is 10.5 Å². The van der Waals surface area contributed by atoms with Gasteiger partial charge in [-0.15, -0.1) is 0 Å². The van der Waals surface area contributed by atoms with E-state index in [1.54, 1.807) is 48.7 Å². The van der Waals surface area contributed by atoms with Crippen molar-refractivity contribution in [1.82, 2.24) is 29.9 Å². The van der Waals surface area contributed by atoms with Gasteiger partial charge in [-0.05, 0) is 66.4 Å². The smallest absolute Gasteiger partial charge is 0.325 e. The Balaban J connectivity index is 1.19. The van der Waals surface area contributed by atoms with Gasteiger partial charge in [0.1, 0.15) is 6.04 Å². The molecule has 0 saturated carbocycles. The van der Waals surface area contributed by atoms with E-state index in [0.29, 0.717) is 29.8 Å². The molecular formula is C33H40N8O7S2. The Morgan fingerprint density at radius 1 is 0.920 bits per heavy atom. The molecule has 4 aromatic rings. The van der Waals surface area contributed by atoms with E-state index in [9.17, 15) is 26.4 Å². The van der Waals surface area contributed by atoms with Gasteiger partial charge in [0.2, 0.25) is 20.0 Å². The first-order chi connectivity index (χ1) is 24.0. The van der Waals surface area contributed by atoms with Crippen LogP contribution in [-0.4, -0.2) is 90.2 Å². The van der Waals surface area contributed by atoms with Gasteiger partial charge in [0, 0.05) is 50.1 Å². The summed E-state index contributed by atoms with van der Waals surface area (Å²) in [4.78, 5) is 30.0. The second-order valence-corrected chi connectivity index (χ2v) is 15.0.